The molecule has 0 radical (unpaired) electrons. The van der Waals surface area contributed by atoms with Gasteiger partial charge in [0.2, 0.25) is 0 Å². The molecule has 2 aromatic rings. The Labute approximate surface area is 130 Å². The second kappa shape index (κ2) is 7.12. The highest BCUT2D eigenvalue weighted by Gasteiger charge is 2.24. The fraction of sp³-hybridized carbons (Fsp3) is 0.316. The van der Waals surface area contributed by atoms with Gasteiger partial charge >= 0.3 is 5.97 Å². The van der Waals surface area contributed by atoms with Gasteiger partial charge in [-0.25, -0.2) is 0 Å². The summed E-state index contributed by atoms with van der Waals surface area (Å²) in [6.07, 6.45) is 4.14. The van der Waals surface area contributed by atoms with E-state index in [-0.39, 0.29) is 11.9 Å². The zero-order valence-electron chi connectivity index (χ0n) is 12.5. The minimum Gasteiger partial charge on any atom is -0.489 e. The molecule has 0 amide bonds. The lowest BCUT2D eigenvalue weighted by Gasteiger charge is -2.11. The van der Waals surface area contributed by atoms with Gasteiger partial charge in [0.25, 0.3) is 0 Å². The van der Waals surface area contributed by atoms with Crippen LogP contribution in [0.1, 0.15) is 31.2 Å². The molecule has 3 nitrogen and oxygen atoms in total. The molecule has 0 spiro atoms. The van der Waals surface area contributed by atoms with Gasteiger partial charge in [-0.15, -0.1) is 0 Å². The second-order valence-corrected chi connectivity index (χ2v) is 5.65. The normalized spacial score (nSPS) is 14.7. The summed E-state index contributed by atoms with van der Waals surface area (Å²) in [5.74, 6) is 1.22. The summed E-state index contributed by atoms with van der Waals surface area (Å²) in [7, 11) is 0. The van der Waals surface area contributed by atoms with Gasteiger partial charge in [-0.2, -0.15) is 0 Å². The lowest BCUT2D eigenvalue weighted by atomic mass is 10.1. The summed E-state index contributed by atoms with van der Waals surface area (Å²) in [5.41, 5.74) is 1.11. The van der Waals surface area contributed by atoms with E-state index in [0.717, 1.165) is 31.2 Å². The Morgan fingerprint density at radius 3 is 2.45 bits per heavy atom. The molecule has 0 saturated heterocycles. The first-order valence-corrected chi connectivity index (χ1v) is 7.80. The second-order valence-electron chi connectivity index (χ2n) is 5.65. The lowest BCUT2D eigenvalue weighted by Crippen LogP contribution is -2.17. The number of carbonyl (C=O) groups excluding carboxylic acids is 1. The molecule has 0 unspecified atom stereocenters. The monoisotopic (exact) mass is 296 g/mol. The number of hydrogen-bond acceptors (Lipinski definition) is 3. The van der Waals surface area contributed by atoms with Crippen molar-refractivity contribution in [2.24, 2.45) is 5.92 Å². The maximum Gasteiger partial charge on any atom is 0.314 e. The van der Waals surface area contributed by atoms with Crippen molar-refractivity contribution in [2.45, 2.75) is 32.3 Å². The first-order chi connectivity index (χ1) is 10.8. The van der Waals surface area contributed by atoms with Crippen molar-refractivity contribution in [3.63, 3.8) is 0 Å². The van der Waals surface area contributed by atoms with Crippen molar-refractivity contribution in [2.75, 3.05) is 0 Å². The molecule has 2 aromatic carbocycles. The Bertz CT molecular complexity index is 616. The Morgan fingerprint density at radius 1 is 0.955 bits per heavy atom. The number of ether oxygens (including phenoxy) is 2. The average Bonchev–Trinajstić information content (AvgIpc) is 3.09. The Kier molecular flexibility index (Phi) is 4.74. The molecule has 114 valence electrons. The third-order valence-corrected chi connectivity index (χ3v) is 3.96. The maximum absolute atomic E-state index is 12.0. The van der Waals surface area contributed by atoms with Crippen molar-refractivity contribution in [1.82, 2.24) is 0 Å². The Morgan fingerprint density at radius 2 is 1.68 bits per heavy atom. The van der Waals surface area contributed by atoms with Gasteiger partial charge in [-0.3, -0.25) is 4.79 Å². The Hall–Kier alpha value is -2.29. The zero-order valence-corrected chi connectivity index (χ0v) is 12.5. The summed E-state index contributed by atoms with van der Waals surface area (Å²) >= 11 is 0. The van der Waals surface area contributed by atoms with E-state index in [1.165, 1.54) is 0 Å². The van der Waals surface area contributed by atoms with Crippen LogP contribution in [0.4, 0.5) is 0 Å². The van der Waals surface area contributed by atoms with Gasteiger partial charge in [-0.05, 0) is 30.5 Å². The van der Waals surface area contributed by atoms with Crippen molar-refractivity contribution >= 4 is 5.97 Å². The molecule has 3 rings (SSSR count). The molecule has 0 aromatic heterocycles. The summed E-state index contributed by atoms with van der Waals surface area (Å²) in [4.78, 5) is 12.0. The van der Waals surface area contributed by atoms with Crippen LogP contribution in [0, 0.1) is 5.92 Å². The number of rotatable bonds is 5. The van der Waals surface area contributed by atoms with Gasteiger partial charge in [0, 0.05) is 6.07 Å². The number of esters is 1. The number of benzene rings is 2. The van der Waals surface area contributed by atoms with Crippen molar-refractivity contribution in [1.29, 1.82) is 0 Å². The SMILES string of the molecule is O=C(Oc1cccc(OCc2ccccc2)c1)C1CCCC1. The fourth-order valence-electron chi connectivity index (χ4n) is 2.73. The molecular weight excluding hydrogens is 276 g/mol. The highest BCUT2D eigenvalue weighted by molar-refractivity contribution is 5.75. The van der Waals surface area contributed by atoms with Crippen molar-refractivity contribution in [3.8, 4) is 11.5 Å². The van der Waals surface area contributed by atoms with Crippen LogP contribution in [-0.2, 0) is 11.4 Å². The minimum absolute atomic E-state index is 0.0638. The average molecular weight is 296 g/mol. The molecule has 0 atom stereocenters. The van der Waals surface area contributed by atoms with Crippen LogP contribution in [0.3, 0.4) is 0 Å². The van der Waals surface area contributed by atoms with Crippen LogP contribution in [0.25, 0.3) is 0 Å². The smallest absolute Gasteiger partial charge is 0.314 e. The highest BCUT2D eigenvalue weighted by Crippen LogP contribution is 2.27. The Balaban J connectivity index is 1.58. The molecule has 0 heterocycles. The van der Waals surface area contributed by atoms with E-state index in [1.54, 1.807) is 12.1 Å². The summed E-state index contributed by atoms with van der Waals surface area (Å²) in [6, 6.07) is 17.3. The molecule has 1 fully saturated rings. The van der Waals surface area contributed by atoms with E-state index >= 15 is 0 Å². The van der Waals surface area contributed by atoms with E-state index in [1.807, 2.05) is 42.5 Å². The molecular formula is C19H20O3. The van der Waals surface area contributed by atoms with Crippen LogP contribution >= 0.6 is 0 Å². The zero-order chi connectivity index (χ0) is 15.2. The molecule has 1 saturated carbocycles. The third kappa shape index (κ3) is 3.88. The number of carbonyl (C=O) groups is 1. The lowest BCUT2D eigenvalue weighted by molar-refractivity contribution is -0.138. The van der Waals surface area contributed by atoms with E-state index in [0.29, 0.717) is 18.1 Å². The first kappa shape index (κ1) is 14.6. The van der Waals surface area contributed by atoms with Crippen LogP contribution < -0.4 is 9.47 Å². The van der Waals surface area contributed by atoms with E-state index in [9.17, 15) is 4.79 Å². The summed E-state index contributed by atoms with van der Waals surface area (Å²) < 4.78 is 11.2. The molecule has 0 N–H and O–H groups in total. The van der Waals surface area contributed by atoms with Crippen LogP contribution in [0.2, 0.25) is 0 Å². The van der Waals surface area contributed by atoms with Crippen molar-refractivity contribution < 1.29 is 14.3 Å². The van der Waals surface area contributed by atoms with Crippen LogP contribution in [-0.4, -0.2) is 5.97 Å². The van der Waals surface area contributed by atoms with Crippen LogP contribution in [0.15, 0.2) is 54.6 Å². The maximum atomic E-state index is 12.0. The molecule has 1 aliphatic rings. The predicted octanol–water partition coefficient (Wildman–Crippen LogP) is 4.36. The van der Waals surface area contributed by atoms with Gasteiger partial charge in [0.05, 0.1) is 5.92 Å². The largest absolute Gasteiger partial charge is 0.489 e. The third-order valence-electron chi connectivity index (χ3n) is 3.96. The molecule has 0 bridgehead atoms. The standard InChI is InChI=1S/C19H20O3/c20-19(16-9-4-5-10-16)22-18-12-6-11-17(13-18)21-14-15-7-2-1-3-8-15/h1-3,6-8,11-13,16H,4-5,9-10,14H2. The molecule has 3 heteroatoms. The molecule has 1 aliphatic carbocycles. The van der Waals surface area contributed by atoms with Crippen LogP contribution in [0.5, 0.6) is 11.5 Å². The van der Waals surface area contributed by atoms with Gasteiger partial charge in [-0.1, -0.05) is 49.2 Å². The summed E-state index contributed by atoms with van der Waals surface area (Å²) in [6.45, 7) is 0.501. The topological polar surface area (TPSA) is 35.5 Å². The van der Waals surface area contributed by atoms with Gasteiger partial charge in [0.1, 0.15) is 18.1 Å². The van der Waals surface area contributed by atoms with E-state index in [2.05, 4.69) is 0 Å². The van der Waals surface area contributed by atoms with Crippen molar-refractivity contribution in [3.05, 3.63) is 60.2 Å². The van der Waals surface area contributed by atoms with E-state index < -0.39 is 0 Å². The van der Waals surface area contributed by atoms with E-state index in [4.69, 9.17) is 9.47 Å². The number of hydrogen-bond donors (Lipinski definition) is 0. The molecule has 0 aliphatic heterocycles. The quantitative estimate of drug-likeness (QED) is 0.607. The minimum atomic E-state index is -0.113. The fourth-order valence-corrected chi connectivity index (χ4v) is 2.73. The summed E-state index contributed by atoms with van der Waals surface area (Å²) in [5, 5.41) is 0. The molecule has 22 heavy (non-hydrogen) atoms. The van der Waals surface area contributed by atoms with Gasteiger partial charge in [0.15, 0.2) is 0 Å². The highest BCUT2D eigenvalue weighted by atomic mass is 16.5. The predicted molar refractivity (Wildman–Crippen MR) is 84.8 cm³/mol. The first-order valence-electron chi connectivity index (χ1n) is 7.80. The van der Waals surface area contributed by atoms with Gasteiger partial charge < -0.3 is 9.47 Å².